The summed E-state index contributed by atoms with van der Waals surface area (Å²) >= 11 is 3.73. The maximum Gasteiger partial charge on any atom is 0.0351 e. The average molecular weight is 351 g/mol. The highest BCUT2D eigenvalue weighted by Crippen LogP contribution is 2.60. The Morgan fingerprint density at radius 1 is 1.00 bits per heavy atom. The molecular weight excluding hydrogens is 324 g/mol. The first-order valence-corrected chi connectivity index (χ1v) is 9.02. The van der Waals surface area contributed by atoms with Crippen LogP contribution in [0.2, 0.25) is 0 Å². The molecule has 2 heteroatoms. The van der Waals surface area contributed by atoms with Crippen molar-refractivity contribution in [1.29, 1.82) is 0 Å². The van der Waals surface area contributed by atoms with E-state index in [1.165, 1.54) is 48.6 Å². The van der Waals surface area contributed by atoms with Crippen molar-refractivity contribution in [2.75, 3.05) is 14.2 Å². The molecule has 0 aliphatic heterocycles. The zero-order valence-electron chi connectivity index (χ0n) is 13.5. The molecule has 0 N–H and O–H groups in total. The Morgan fingerprint density at radius 3 is 1.90 bits per heavy atom. The van der Waals surface area contributed by atoms with Crippen molar-refractivity contribution in [2.24, 2.45) is 17.8 Å². The van der Waals surface area contributed by atoms with E-state index < -0.39 is 0 Å². The van der Waals surface area contributed by atoms with E-state index >= 15 is 0 Å². The van der Waals surface area contributed by atoms with Crippen molar-refractivity contribution in [3.05, 3.63) is 33.8 Å². The molecule has 4 aliphatic rings. The molecule has 4 aliphatic carbocycles. The third-order valence-corrected chi connectivity index (χ3v) is 6.68. The van der Waals surface area contributed by atoms with Gasteiger partial charge in [0.25, 0.3) is 0 Å². The molecule has 0 atom stereocenters. The molecule has 4 bridgehead atoms. The SMILES string of the molecule is COC.Cc1ccc(C23CC4CC(CC(C4)C2)C3)cc1Br. The van der Waals surface area contributed by atoms with E-state index in [9.17, 15) is 0 Å². The first kappa shape index (κ1) is 15.6. The Bertz CT molecular complexity index is 473. The molecule has 0 radical (unpaired) electrons. The summed E-state index contributed by atoms with van der Waals surface area (Å²) in [5.74, 6) is 3.11. The van der Waals surface area contributed by atoms with Crippen molar-refractivity contribution in [2.45, 2.75) is 50.9 Å². The summed E-state index contributed by atoms with van der Waals surface area (Å²) in [6.07, 6.45) is 9.00. The second-order valence-electron chi connectivity index (χ2n) is 7.57. The number of rotatable bonds is 1. The molecule has 0 aromatic heterocycles. The highest BCUT2D eigenvalue weighted by molar-refractivity contribution is 9.10. The molecule has 0 amide bonds. The van der Waals surface area contributed by atoms with Crippen LogP contribution in [0.15, 0.2) is 22.7 Å². The Kier molecular flexibility index (Phi) is 4.47. The topological polar surface area (TPSA) is 9.23 Å². The first-order chi connectivity index (χ1) is 10.1. The molecule has 116 valence electrons. The highest BCUT2D eigenvalue weighted by atomic mass is 79.9. The van der Waals surface area contributed by atoms with Gasteiger partial charge >= 0.3 is 0 Å². The van der Waals surface area contributed by atoms with Crippen molar-refractivity contribution < 1.29 is 4.74 Å². The van der Waals surface area contributed by atoms with Gasteiger partial charge in [0.15, 0.2) is 0 Å². The number of halogens is 1. The Balaban J connectivity index is 0.000000409. The third kappa shape index (κ3) is 2.94. The first-order valence-electron chi connectivity index (χ1n) is 8.23. The van der Waals surface area contributed by atoms with Crippen molar-refractivity contribution in [3.8, 4) is 0 Å². The minimum Gasteiger partial charge on any atom is -0.388 e. The molecule has 0 heterocycles. The van der Waals surface area contributed by atoms with Crippen LogP contribution in [0.4, 0.5) is 0 Å². The normalized spacial score (nSPS) is 36.3. The summed E-state index contributed by atoms with van der Waals surface area (Å²) in [6.45, 7) is 2.19. The van der Waals surface area contributed by atoms with Gasteiger partial charge in [-0.25, -0.2) is 0 Å². The summed E-state index contributed by atoms with van der Waals surface area (Å²) < 4.78 is 5.55. The number of aryl methyl sites for hydroxylation is 1. The Hall–Kier alpha value is -0.340. The second-order valence-corrected chi connectivity index (χ2v) is 8.42. The largest absolute Gasteiger partial charge is 0.388 e. The van der Waals surface area contributed by atoms with Crippen LogP contribution in [0, 0.1) is 24.7 Å². The highest BCUT2D eigenvalue weighted by Gasteiger charge is 2.51. The van der Waals surface area contributed by atoms with Crippen LogP contribution < -0.4 is 0 Å². The lowest BCUT2D eigenvalue weighted by molar-refractivity contribution is -0.00521. The van der Waals surface area contributed by atoms with E-state index in [-0.39, 0.29) is 0 Å². The molecule has 4 fully saturated rings. The summed E-state index contributed by atoms with van der Waals surface area (Å²) in [6, 6.07) is 7.13. The fourth-order valence-electron chi connectivity index (χ4n) is 5.39. The summed E-state index contributed by atoms with van der Waals surface area (Å²) in [5.41, 5.74) is 3.54. The van der Waals surface area contributed by atoms with Crippen molar-refractivity contribution in [1.82, 2.24) is 0 Å². The minimum atomic E-state index is 0.547. The van der Waals surface area contributed by atoms with E-state index in [4.69, 9.17) is 0 Å². The van der Waals surface area contributed by atoms with Crippen LogP contribution in [0.3, 0.4) is 0 Å². The molecule has 1 nitrogen and oxygen atoms in total. The van der Waals surface area contributed by atoms with Gasteiger partial charge in [0.05, 0.1) is 0 Å². The van der Waals surface area contributed by atoms with Crippen LogP contribution >= 0.6 is 15.9 Å². The molecule has 4 saturated carbocycles. The molecule has 0 spiro atoms. The van der Waals surface area contributed by atoms with Gasteiger partial charge in [-0.05, 0) is 85.8 Å². The van der Waals surface area contributed by atoms with Gasteiger partial charge in [-0.3, -0.25) is 0 Å². The number of ether oxygens (including phenoxy) is 1. The average Bonchev–Trinajstić information content (AvgIpc) is 2.41. The number of methoxy groups -OCH3 is 1. The molecular formula is C19H27BrO. The molecule has 0 unspecified atom stereocenters. The molecule has 1 aromatic rings. The van der Waals surface area contributed by atoms with Gasteiger partial charge in [-0.2, -0.15) is 0 Å². The van der Waals surface area contributed by atoms with E-state index in [2.05, 4.69) is 45.8 Å². The maximum absolute atomic E-state index is 4.25. The maximum atomic E-state index is 4.25. The fraction of sp³-hybridized carbons (Fsp3) is 0.684. The van der Waals surface area contributed by atoms with E-state index in [1.54, 1.807) is 19.8 Å². The quantitative estimate of drug-likeness (QED) is 0.650. The minimum absolute atomic E-state index is 0.547. The number of hydrogen-bond acceptors (Lipinski definition) is 1. The van der Waals surface area contributed by atoms with Gasteiger partial charge in [-0.15, -0.1) is 0 Å². The van der Waals surface area contributed by atoms with Crippen LogP contribution in [-0.4, -0.2) is 14.2 Å². The predicted molar refractivity (Wildman–Crippen MR) is 91.7 cm³/mol. The standard InChI is InChI=1S/C17H21Br.C2H6O/c1-11-2-3-15(7-16(11)18)17-8-12-4-13(9-17)6-14(5-12)10-17;1-3-2/h2-3,7,12-14H,4-6,8-10H2,1H3;1-2H3. The number of benzene rings is 1. The monoisotopic (exact) mass is 350 g/mol. The molecule has 1 aromatic carbocycles. The lowest BCUT2D eigenvalue weighted by atomic mass is 9.48. The fourth-order valence-corrected chi connectivity index (χ4v) is 5.77. The van der Waals surface area contributed by atoms with Crippen molar-refractivity contribution >= 4 is 15.9 Å². The van der Waals surface area contributed by atoms with Crippen LogP contribution in [0.5, 0.6) is 0 Å². The van der Waals surface area contributed by atoms with E-state index in [0.29, 0.717) is 5.41 Å². The van der Waals surface area contributed by atoms with Gasteiger partial charge < -0.3 is 4.74 Å². The van der Waals surface area contributed by atoms with Crippen LogP contribution in [-0.2, 0) is 10.2 Å². The zero-order chi connectivity index (χ0) is 15.0. The molecule has 0 saturated heterocycles. The van der Waals surface area contributed by atoms with Crippen LogP contribution in [0.25, 0.3) is 0 Å². The third-order valence-electron chi connectivity index (χ3n) is 5.82. The van der Waals surface area contributed by atoms with E-state index in [0.717, 1.165) is 17.8 Å². The van der Waals surface area contributed by atoms with Gasteiger partial charge in [0, 0.05) is 18.7 Å². The number of hydrogen-bond donors (Lipinski definition) is 0. The van der Waals surface area contributed by atoms with Gasteiger partial charge in [0.2, 0.25) is 0 Å². The summed E-state index contributed by atoms with van der Waals surface area (Å²) in [7, 11) is 3.25. The lowest BCUT2D eigenvalue weighted by Crippen LogP contribution is -2.48. The predicted octanol–water partition coefficient (Wildman–Crippen LogP) is 5.49. The van der Waals surface area contributed by atoms with E-state index in [1.807, 2.05) is 0 Å². The smallest absolute Gasteiger partial charge is 0.0351 e. The molecule has 5 rings (SSSR count). The van der Waals surface area contributed by atoms with Gasteiger partial charge in [0.1, 0.15) is 0 Å². The zero-order valence-corrected chi connectivity index (χ0v) is 15.1. The lowest BCUT2D eigenvalue weighted by Gasteiger charge is -2.57. The summed E-state index contributed by atoms with van der Waals surface area (Å²) in [5, 5.41) is 0. The second kappa shape index (κ2) is 6.04. The van der Waals surface area contributed by atoms with Crippen molar-refractivity contribution in [3.63, 3.8) is 0 Å². The molecule has 21 heavy (non-hydrogen) atoms. The Morgan fingerprint density at radius 2 is 1.48 bits per heavy atom. The van der Waals surface area contributed by atoms with Crippen LogP contribution in [0.1, 0.15) is 49.7 Å². The Labute approximate surface area is 137 Å². The summed E-state index contributed by atoms with van der Waals surface area (Å²) in [4.78, 5) is 0. The van der Waals surface area contributed by atoms with Gasteiger partial charge in [-0.1, -0.05) is 28.1 Å².